The minimum Gasteiger partial charge on any atom is -0.484 e. The Bertz CT molecular complexity index is 1890. The molecule has 0 spiro atoms. The lowest BCUT2D eigenvalue weighted by Crippen LogP contribution is -2.32. The highest BCUT2D eigenvalue weighted by Crippen LogP contribution is 2.53. The van der Waals surface area contributed by atoms with Crippen LogP contribution in [-0.4, -0.2) is 47.1 Å². The first-order valence-corrected chi connectivity index (χ1v) is 16.1. The zero-order chi connectivity index (χ0) is 31.8. The number of fused-ring (bicyclic) bond motifs is 2. The summed E-state index contributed by atoms with van der Waals surface area (Å²) in [6, 6.07) is 17.7. The number of ether oxygens (including phenoxy) is 2. The normalized spacial score (nSPS) is 18.7. The maximum absolute atomic E-state index is 14.0. The lowest BCUT2D eigenvalue weighted by molar-refractivity contribution is -0.122. The third kappa shape index (κ3) is 6.10. The average molecular weight is 685 g/mol. The number of halogens is 2. The number of aromatic amines is 1. The molecule has 2 N–H and O–H groups in total. The number of nitrogens with zero attached hydrogens (tertiary/aromatic N) is 1. The number of benzene rings is 3. The third-order valence-electron chi connectivity index (χ3n) is 7.25. The molecule has 14 heteroatoms. The van der Waals surface area contributed by atoms with Crippen LogP contribution in [0.15, 0.2) is 76.6 Å². The van der Waals surface area contributed by atoms with E-state index in [1.54, 1.807) is 43.3 Å². The van der Waals surface area contributed by atoms with Gasteiger partial charge in [0.25, 0.3) is 5.91 Å². The summed E-state index contributed by atoms with van der Waals surface area (Å²) in [5, 5.41) is 3.08. The van der Waals surface area contributed by atoms with Gasteiger partial charge in [-0.25, -0.2) is 9.69 Å². The molecule has 3 aromatic carbocycles. The van der Waals surface area contributed by atoms with E-state index in [1.165, 1.54) is 30.3 Å². The summed E-state index contributed by atoms with van der Waals surface area (Å²) in [5.74, 6) is -2.88. The molecule has 0 bridgehead atoms. The van der Waals surface area contributed by atoms with Crippen LogP contribution < -0.4 is 19.8 Å². The molecule has 10 nitrogen and oxygen atoms in total. The number of carbonyl (C=O) groups is 4. The molecule has 230 valence electrons. The minimum atomic E-state index is -0.820. The van der Waals surface area contributed by atoms with Crippen LogP contribution in [0.5, 0.6) is 5.75 Å². The Kier molecular flexibility index (Phi) is 8.74. The maximum Gasteiger partial charge on any atom is 0.338 e. The molecule has 1 fully saturated rings. The maximum atomic E-state index is 14.0. The summed E-state index contributed by atoms with van der Waals surface area (Å²) >= 11 is 14.1. The molecule has 0 aliphatic carbocycles. The van der Waals surface area contributed by atoms with Crippen molar-refractivity contribution in [1.29, 1.82) is 0 Å². The number of aromatic nitrogens is 1. The second-order valence-corrected chi connectivity index (χ2v) is 13.0. The van der Waals surface area contributed by atoms with Gasteiger partial charge in [-0.15, -0.1) is 0 Å². The van der Waals surface area contributed by atoms with Gasteiger partial charge in [-0.05, 0) is 67.1 Å². The summed E-state index contributed by atoms with van der Waals surface area (Å²) in [6.45, 7) is 1.61. The van der Waals surface area contributed by atoms with Gasteiger partial charge in [0.15, 0.2) is 6.61 Å². The summed E-state index contributed by atoms with van der Waals surface area (Å²) in [6.07, 6.45) is 0. The number of carbonyl (C=O) groups excluding carboxylic acids is 4. The molecule has 0 saturated carbocycles. The second kappa shape index (κ2) is 12.7. The molecule has 6 rings (SSSR count). The van der Waals surface area contributed by atoms with Crippen LogP contribution in [0.3, 0.4) is 0 Å². The van der Waals surface area contributed by atoms with Crippen LogP contribution in [0.1, 0.15) is 33.6 Å². The van der Waals surface area contributed by atoms with Gasteiger partial charge in [-0.1, -0.05) is 58.4 Å². The number of esters is 1. The van der Waals surface area contributed by atoms with Crippen LogP contribution in [0.4, 0.5) is 11.4 Å². The van der Waals surface area contributed by atoms with Crippen LogP contribution in [0.25, 0.3) is 0 Å². The smallest absolute Gasteiger partial charge is 0.338 e. The lowest BCUT2D eigenvalue weighted by Gasteiger charge is -2.30. The number of H-pyrrole nitrogens is 1. The molecular formula is C31H23Cl2N3O7S2. The fourth-order valence-electron chi connectivity index (χ4n) is 5.31. The van der Waals surface area contributed by atoms with E-state index >= 15 is 0 Å². The number of thioether (sulfide) groups is 1. The first-order valence-electron chi connectivity index (χ1n) is 13.7. The fourth-order valence-corrected chi connectivity index (χ4v) is 8.12. The highest BCUT2D eigenvalue weighted by Gasteiger charge is 2.56. The molecule has 3 amide bonds. The van der Waals surface area contributed by atoms with Gasteiger partial charge in [0.2, 0.25) is 11.8 Å². The van der Waals surface area contributed by atoms with Crippen molar-refractivity contribution in [3.05, 3.63) is 102 Å². The monoisotopic (exact) mass is 683 g/mol. The Morgan fingerprint density at radius 2 is 1.76 bits per heavy atom. The highest BCUT2D eigenvalue weighted by molar-refractivity contribution is 8.00. The average Bonchev–Trinajstić information content (AvgIpc) is 3.52. The predicted molar refractivity (Wildman–Crippen MR) is 172 cm³/mol. The van der Waals surface area contributed by atoms with Crippen molar-refractivity contribution in [2.24, 2.45) is 5.92 Å². The molecule has 45 heavy (non-hydrogen) atoms. The second-order valence-electron chi connectivity index (χ2n) is 10.1. The number of hydrogen-bond donors (Lipinski definition) is 2. The summed E-state index contributed by atoms with van der Waals surface area (Å²) in [5.41, 5.74) is 1.72. The number of hydrogen-bond acceptors (Lipinski definition) is 9. The van der Waals surface area contributed by atoms with Gasteiger partial charge in [-0.3, -0.25) is 19.2 Å². The summed E-state index contributed by atoms with van der Waals surface area (Å²) < 4.78 is 10.8. The van der Waals surface area contributed by atoms with E-state index in [0.29, 0.717) is 48.2 Å². The largest absolute Gasteiger partial charge is 0.484 e. The van der Waals surface area contributed by atoms with Crippen LogP contribution in [0, 0.1) is 5.92 Å². The molecule has 2 aliphatic rings. The predicted octanol–water partition coefficient (Wildman–Crippen LogP) is 5.73. The third-order valence-corrected chi connectivity index (χ3v) is 10.4. The number of anilines is 2. The van der Waals surface area contributed by atoms with Crippen molar-refractivity contribution in [2.75, 3.05) is 23.4 Å². The molecule has 1 aromatic heterocycles. The molecule has 2 unspecified atom stereocenters. The van der Waals surface area contributed by atoms with Crippen molar-refractivity contribution >= 4 is 81.4 Å². The zero-order valence-corrected chi connectivity index (χ0v) is 26.5. The quantitative estimate of drug-likeness (QED) is 0.178. The van der Waals surface area contributed by atoms with E-state index in [-0.39, 0.29) is 18.1 Å². The van der Waals surface area contributed by atoms with Gasteiger partial charge in [0, 0.05) is 16.5 Å². The zero-order valence-electron chi connectivity index (χ0n) is 23.4. The fraction of sp³-hybridized carbons (Fsp3) is 0.194. The SMILES string of the molecule is CCOC(=O)c1ccc(N2C(=O)C3Sc4[nH]c(=O)sc4[C@H](c4cccc(OCC(=O)Nc5ccc(Cl)c(Cl)c5)c4)C3C2=O)cc1. The van der Waals surface area contributed by atoms with Gasteiger partial charge in [0.05, 0.1) is 38.8 Å². The Hall–Kier alpha value is -4.10. The van der Waals surface area contributed by atoms with Crippen LogP contribution in [-0.2, 0) is 19.1 Å². The first-order chi connectivity index (χ1) is 21.6. The number of rotatable bonds is 8. The van der Waals surface area contributed by atoms with Gasteiger partial charge in [0.1, 0.15) is 11.0 Å². The van der Waals surface area contributed by atoms with Crippen molar-refractivity contribution in [1.82, 2.24) is 4.98 Å². The minimum absolute atomic E-state index is 0.218. The molecule has 3 atom stereocenters. The van der Waals surface area contributed by atoms with E-state index in [0.717, 1.165) is 28.0 Å². The number of imide groups is 1. The van der Waals surface area contributed by atoms with Crippen molar-refractivity contribution in [3.8, 4) is 5.75 Å². The van der Waals surface area contributed by atoms with Gasteiger partial charge < -0.3 is 19.8 Å². The first kappa shape index (κ1) is 30.9. The van der Waals surface area contributed by atoms with Crippen molar-refractivity contribution in [2.45, 2.75) is 23.1 Å². The van der Waals surface area contributed by atoms with E-state index in [4.69, 9.17) is 32.7 Å². The Morgan fingerprint density at radius 1 is 0.978 bits per heavy atom. The molecule has 3 heterocycles. The van der Waals surface area contributed by atoms with Crippen LogP contribution in [0.2, 0.25) is 10.0 Å². The Balaban J connectivity index is 1.26. The van der Waals surface area contributed by atoms with Crippen LogP contribution >= 0.6 is 46.3 Å². The molecular weight excluding hydrogens is 661 g/mol. The number of amides is 3. The molecule has 4 aromatic rings. The number of thiazole rings is 1. The van der Waals surface area contributed by atoms with E-state index < -0.39 is 40.8 Å². The summed E-state index contributed by atoms with van der Waals surface area (Å²) in [7, 11) is 0. The standard InChI is InChI=1S/C31H23Cl2N3O7S2/c1-2-42-30(40)15-6-9-18(10-7-15)36-28(38)24-23(25-27(35-31(41)45-25)44-26(24)29(36)39)16-4-3-5-19(12-16)43-14-22(37)34-17-8-11-20(32)21(33)13-17/h3-13,23-24,26H,2,14H2,1H3,(H,34,37)(H,35,41)/t23-,24?,26?/m1/s1. The van der Waals surface area contributed by atoms with E-state index in [9.17, 15) is 24.0 Å². The highest BCUT2D eigenvalue weighted by atomic mass is 35.5. The van der Waals surface area contributed by atoms with Gasteiger partial charge >= 0.3 is 10.8 Å². The van der Waals surface area contributed by atoms with Crippen molar-refractivity contribution in [3.63, 3.8) is 0 Å². The molecule has 2 aliphatic heterocycles. The van der Waals surface area contributed by atoms with E-state index in [1.807, 2.05) is 0 Å². The molecule has 0 radical (unpaired) electrons. The number of nitrogens with one attached hydrogen (secondary N) is 2. The Morgan fingerprint density at radius 3 is 2.49 bits per heavy atom. The topological polar surface area (TPSA) is 135 Å². The Labute approximate surface area is 274 Å². The van der Waals surface area contributed by atoms with Gasteiger partial charge in [-0.2, -0.15) is 0 Å². The lowest BCUT2D eigenvalue weighted by atomic mass is 9.83. The van der Waals surface area contributed by atoms with E-state index in [2.05, 4.69) is 10.3 Å². The van der Waals surface area contributed by atoms with Crippen molar-refractivity contribution < 1.29 is 28.7 Å². The summed E-state index contributed by atoms with van der Waals surface area (Å²) in [4.78, 5) is 69.1. The molecule has 1 saturated heterocycles.